The van der Waals surface area contributed by atoms with Crippen LogP contribution < -0.4 is 15.5 Å². The van der Waals surface area contributed by atoms with Gasteiger partial charge in [-0.3, -0.25) is 4.79 Å². The van der Waals surface area contributed by atoms with Crippen LogP contribution in [0.1, 0.15) is 32.1 Å². The van der Waals surface area contributed by atoms with Crippen molar-refractivity contribution in [1.29, 1.82) is 0 Å². The van der Waals surface area contributed by atoms with E-state index in [0.717, 1.165) is 43.3 Å². The van der Waals surface area contributed by atoms with Crippen LogP contribution in [0, 0.1) is 0 Å². The molecule has 126 valence electrons. The average Bonchev–Trinajstić information content (AvgIpc) is 2.62. The minimum Gasteiger partial charge on any atom is -0.361 e. The maximum atomic E-state index is 12.0. The van der Waals surface area contributed by atoms with Crippen molar-refractivity contribution in [3.63, 3.8) is 0 Å². The minimum atomic E-state index is 0.0476. The minimum absolute atomic E-state index is 0.0476. The van der Waals surface area contributed by atoms with Gasteiger partial charge in [0.1, 0.15) is 18.0 Å². The monoisotopic (exact) mass is 335 g/mol. The molecule has 0 atom stereocenters. The van der Waals surface area contributed by atoms with Crippen LogP contribution in [-0.4, -0.2) is 53.1 Å². The summed E-state index contributed by atoms with van der Waals surface area (Å²) in [5.74, 6) is 3.97. The summed E-state index contributed by atoms with van der Waals surface area (Å²) >= 11 is 1.97. The third-order valence-electron chi connectivity index (χ3n) is 4.39. The van der Waals surface area contributed by atoms with E-state index < -0.39 is 0 Å². The van der Waals surface area contributed by atoms with Crippen molar-refractivity contribution in [2.75, 3.05) is 41.4 Å². The maximum absolute atomic E-state index is 12.0. The lowest BCUT2D eigenvalue weighted by Gasteiger charge is -2.27. The molecule has 1 amide bonds. The molecular formula is C16H25N5OS. The summed E-state index contributed by atoms with van der Waals surface area (Å²) in [6.45, 7) is 2.30. The molecule has 23 heavy (non-hydrogen) atoms. The highest BCUT2D eigenvalue weighted by Gasteiger charge is 2.16. The van der Waals surface area contributed by atoms with Crippen molar-refractivity contribution in [2.24, 2.45) is 0 Å². The quantitative estimate of drug-likeness (QED) is 0.856. The highest BCUT2D eigenvalue weighted by Crippen LogP contribution is 2.19. The molecule has 2 aliphatic rings. The summed E-state index contributed by atoms with van der Waals surface area (Å²) in [7, 11) is 0. The molecule has 2 N–H and O–H groups in total. The van der Waals surface area contributed by atoms with Crippen LogP contribution in [0.4, 0.5) is 11.6 Å². The zero-order valence-electron chi connectivity index (χ0n) is 13.5. The fourth-order valence-electron chi connectivity index (χ4n) is 3.11. The Balaban J connectivity index is 1.48. The molecule has 1 saturated carbocycles. The highest BCUT2D eigenvalue weighted by atomic mass is 32.2. The molecule has 0 aromatic carbocycles. The number of aromatic nitrogens is 2. The van der Waals surface area contributed by atoms with Gasteiger partial charge in [0.25, 0.3) is 0 Å². The second-order valence-corrected chi connectivity index (χ2v) is 7.34. The third kappa shape index (κ3) is 4.99. The molecule has 1 aliphatic heterocycles. The van der Waals surface area contributed by atoms with Crippen molar-refractivity contribution in [3.8, 4) is 0 Å². The number of nitrogens with zero attached hydrogens (tertiary/aromatic N) is 3. The lowest BCUT2D eigenvalue weighted by molar-refractivity contribution is -0.120. The van der Waals surface area contributed by atoms with Crippen molar-refractivity contribution in [1.82, 2.24) is 15.3 Å². The molecule has 2 fully saturated rings. The van der Waals surface area contributed by atoms with Crippen molar-refractivity contribution in [3.05, 3.63) is 12.4 Å². The number of hydrogen-bond acceptors (Lipinski definition) is 6. The topological polar surface area (TPSA) is 70.2 Å². The van der Waals surface area contributed by atoms with Gasteiger partial charge in [0, 0.05) is 36.7 Å². The predicted octanol–water partition coefficient (Wildman–Crippen LogP) is 1.89. The third-order valence-corrected chi connectivity index (χ3v) is 5.33. The predicted molar refractivity (Wildman–Crippen MR) is 95.1 cm³/mol. The van der Waals surface area contributed by atoms with Gasteiger partial charge in [-0.25, -0.2) is 9.97 Å². The summed E-state index contributed by atoms with van der Waals surface area (Å²) < 4.78 is 0. The van der Waals surface area contributed by atoms with E-state index in [1.807, 2.05) is 17.8 Å². The number of amides is 1. The Bertz CT molecular complexity index is 515. The van der Waals surface area contributed by atoms with E-state index in [4.69, 9.17) is 0 Å². The van der Waals surface area contributed by atoms with Crippen LogP contribution in [0.25, 0.3) is 0 Å². The molecule has 6 nitrogen and oxygen atoms in total. The van der Waals surface area contributed by atoms with Crippen LogP contribution in [0.5, 0.6) is 0 Å². The second kappa shape index (κ2) is 8.38. The van der Waals surface area contributed by atoms with Crippen LogP contribution in [-0.2, 0) is 4.79 Å². The van der Waals surface area contributed by atoms with Crippen molar-refractivity contribution < 1.29 is 4.79 Å². The molecule has 1 aromatic heterocycles. The first-order valence-electron chi connectivity index (χ1n) is 8.49. The standard InChI is InChI=1S/C16H25N5OS/c22-16(20-13-4-2-1-3-5-13)11-17-14-10-15(19-12-18-14)21-6-8-23-9-7-21/h10,12-13H,1-9,11H2,(H,20,22)(H,17,18,19). The van der Waals surface area contributed by atoms with Gasteiger partial charge in [-0.15, -0.1) is 0 Å². The van der Waals surface area contributed by atoms with E-state index >= 15 is 0 Å². The summed E-state index contributed by atoms with van der Waals surface area (Å²) in [6.07, 6.45) is 7.53. The van der Waals surface area contributed by atoms with E-state index in [1.165, 1.54) is 19.3 Å². The zero-order chi connectivity index (χ0) is 15.9. The highest BCUT2D eigenvalue weighted by molar-refractivity contribution is 7.99. The van der Waals surface area contributed by atoms with Gasteiger partial charge in [-0.2, -0.15) is 11.8 Å². The van der Waals surface area contributed by atoms with E-state index in [1.54, 1.807) is 6.33 Å². The second-order valence-electron chi connectivity index (χ2n) is 6.12. The van der Waals surface area contributed by atoms with Crippen LogP contribution in [0.2, 0.25) is 0 Å². The van der Waals surface area contributed by atoms with Crippen LogP contribution in [0.15, 0.2) is 12.4 Å². The van der Waals surface area contributed by atoms with Gasteiger partial charge in [-0.05, 0) is 12.8 Å². The van der Waals surface area contributed by atoms with E-state index in [2.05, 4.69) is 25.5 Å². The molecule has 0 spiro atoms. The summed E-state index contributed by atoms with van der Waals surface area (Å²) in [5.41, 5.74) is 0. The van der Waals surface area contributed by atoms with Gasteiger partial charge in [0.2, 0.25) is 5.91 Å². The molecule has 0 unspecified atom stereocenters. The fraction of sp³-hybridized carbons (Fsp3) is 0.688. The lowest BCUT2D eigenvalue weighted by Crippen LogP contribution is -2.39. The first kappa shape index (κ1) is 16.4. The molecule has 0 radical (unpaired) electrons. The molecule has 1 aromatic rings. The van der Waals surface area contributed by atoms with E-state index in [-0.39, 0.29) is 12.5 Å². The van der Waals surface area contributed by atoms with Crippen LogP contribution in [0.3, 0.4) is 0 Å². The van der Waals surface area contributed by atoms with Gasteiger partial charge in [0.05, 0.1) is 6.54 Å². The molecule has 3 rings (SSSR count). The number of thioether (sulfide) groups is 1. The summed E-state index contributed by atoms with van der Waals surface area (Å²) in [6, 6.07) is 2.29. The Kier molecular flexibility index (Phi) is 5.96. The average molecular weight is 335 g/mol. The fourth-order valence-corrected chi connectivity index (χ4v) is 4.01. The largest absolute Gasteiger partial charge is 0.361 e. The zero-order valence-corrected chi connectivity index (χ0v) is 14.3. The van der Waals surface area contributed by atoms with Crippen molar-refractivity contribution >= 4 is 29.3 Å². The molecule has 0 bridgehead atoms. The normalized spacial score (nSPS) is 19.4. The molecule has 1 aliphatic carbocycles. The van der Waals surface area contributed by atoms with E-state index in [9.17, 15) is 4.79 Å². The Morgan fingerprint density at radius 2 is 2.00 bits per heavy atom. The number of rotatable bonds is 5. The summed E-state index contributed by atoms with van der Waals surface area (Å²) in [4.78, 5) is 22.9. The Morgan fingerprint density at radius 3 is 2.78 bits per heavy atom. The Labute approximate surface area is 141 Å². The maximum Gasteiger partial charge on any atom is 0.239 e. The van der Waals surface area contributed by atoms with Gasteiger partial charge in [0.15, 0.2) is 0 Å². The Morgan fingerprint density at radius 1 is 1.22 bits per heavy atom. The molecule has 7 heteroatoms. The number of carbonyl (C=O) groups is 1. The molecular weight excluding hydrogens is 310 g/mol. The first-order valence-corrected chi connectivity index (χ1v) is 9.65. The van der Waals surface area contributed by atoms with Crippen LogP contribution >= 0.6 is 11.8 Å². The smallest absolute Gasteiger partial charge is 0.239 e. The molecule has 1 saturated heterocycles. The number of nitrogens with one attached hydrogen (secondary N) is 2. The number of hydrogen-bond donors (Lipinski definition) is 2. The molecule has 2 heterocycles. The van der Waals surface area contributed by atoms with Gasteiger partial charge in [-0.1, -0.05) is 19.3 Å². The number of carbonyl (C=O) groups excluding carboxylic acids is 1. The van der Waals surface area contributed by atoms with Crippen molar-refractivity contribution in [2.45, 2.75) is 38.1 Å². The first-order chi connectivity index (χ1) is 11.3. The van der Waals surface area contributed by atoms with Gasteiger partial charge < -0.3 is 15.5 Å². The SMILES string of the molecule is O=C(CNc1cc(N2CCSCC2)ncn1)NC1CCCCC1. The lowest BCUT2D eigenvalue weighted by atomic mass is 9.95. The van der Waals surface area contributed by atoms with Gasteiger partial charge >= 0.3 is 0 Å². The Hall–Kier alpha value is -1.50. The summed E-state index contributed by atoms with van der Waals surface area (Å²) in [5, 5.41) is 6.23. The van der Waals surface area contributed by atoms with E-state index in [0.29, 0.717) is 11.9 Å². The number of anilines is 2.